The molecule has 0 aromatic carbocycles. The highest BCUT2D eigenvalue weighted by atomic mass is 16.3. The Morgan fingerprint density at radius 3 is 1.85 bits per heavy atom. The van der Waals surface area contributed by atoms with Gasteiger partial charge < -0.3 is 0 Å². The first-order valence-electron chi connectivity index (χ1n) is 5.89. The molecular weight excluding hydrogens is 160 g/mol. The third-order valence-electron chi connectivity index (χ3n) is 2.87. The fourth-order valence-corrected chi connectivity index (χ4v) is 1.67. The Hall–Kier alpha value is -0.0400. The molecule has 0 amide bonds. The number of hydrogen-bond donors (Lipinski definition) is 0. The molecule has 0 saturated heterocycles. The van der Waals surface area contributed by atoms with Crippen LogP contribution in [-0.2, 0) is 5.11 Å². The van der Waals surface area contributed by atoms with Crippen molar-refractivity contribution in [1.82, 2.24) is 0 Å². The molecule has 1 nitrogen and oxygen atoms in total. The molecule has 0 aliphatic heterocycles. The zero-order valence-corrected chi connectivity index (χ0v) is 9.57. The summed E-state index contributed by atoms with van der Waals surface area (Å²) in [5, 5.41) is 12.1. The van der Waals surface area contributed by atoms with Crippen molar-refractivity contribution in [2.45, 2.75) is 77.7 Å². The van der Waals surface area contributed by atoms with E-state index < -0.39 is 5.60 Å². The Balaban J connectivity index is 3.67. The van der Waals surface area contributed by atoms with Crippen molar-refractivity contribution in [3.8, 4) is 0 Å². The molecule has 1 radical (unpaired) electrons. The molecule has 0 aliphatic rings. The topological polar surface area (TPSA) is 19.9 Å². The molecule has 0 aromatic rings. The SMILES string of the molecule is CCCCCC([O])(CC)CCCC. The average molecular weight is 185 g/mol. The van der Waals surface area contributed by atoms with Crippen molar-refractivity contribution >= 4 is 0 Å². The van der Waals surface area contributed by atoms with Gasteiger partial charge in [0.1, 0.15) is 5.60 Å². The lowest BCUT2D eigenvalue weighted by Crippen LogP contribution is -2.25. The summed E-state index contributed by atoms with van der Waals surface area (Å²) >= 11 is 0. The molecule has 1 heteroatoms. The molecule has 0 fully saturated rings. The van der Waals surface area contributed by atoms with Gasteiger partial charge in [0, 0.05) is 0 Å². The molecule has 0 N–H and O–H groups in total. The van der Waals surface area contributed by atoms with Crippen LogP contribution in [0, 0.1) is 0 Å². The predicted octanol–water partition coefficient (Wildman–Crippen LogP) is 4.34. The monoisotopic (exact) mass is 185 g/mol. The Labute approximate surface area is 83.5 Å². The van der Waals surface area contributed by atoms with Crippen LogP contribution in [0.3, 0.4) is 0 Å². The number of rotatable bonds is 8. The zero-order valence-electron chi connectivity index (χ0n) is 9.57. The van der Waals surface area contributed by atoms with E-state index in [1.54, 1.807) is 0 Å². The van der Waals surface area contributed by atoms with E-state index in [0.717, 1.165) is 38.5 Å². The lowest BCUT2D eigenvalue weighted by molar-refractivity contribution is -0.0500. The van der Waals surface area contributed by atoms with Gasteiger partial charge in [-0.25, -0.2) is 5.11 Å². The maximum absolute atomic E-state index is 12.1. The van der Waals surface area contributed by atoms with E-state index in [-0.39, 0.29) is 0 Å². The van der Waals surface area contributed by atoms with Crippen molar-refractivity contribution < 1.29 is 5.11 Å². The van der Waals surface area contributed by atoms with Gasteiger partial charge >= 0.3 is 0 Å². The van der Waals surface area contributed by atoms with Crippen LogP contribution in [0.1, 0.15) is 72.1 Å². The molecule has 0 bridgehead atoms. The molecule has 0 aromatic heterocycles. The fraction of sp³-hybridized carbons (Fsp3) is 1.00. The van der Waals surface area contributed by atoms with Crippen LogP contribution < -0.4 is 0 Å². The molecule has 0 aliphatic carbocycles. The second-order valence-electron chi connectivity index (χ2n) is 4.10. The first-order chi connectivity index (χ1) is 6.18. The summed E-state index contributed by atoms with van der Waals surface area (Å²) in [4.78, 5) is 0. The van der Waals surface area contributed by atoms with Gasteiger partial charge in [0.2, 0.25) is 0 Å². The molecule has 0 rings (SSSR count). The van der Waals surface area contributed by atoms with Crippen molar-refractivity contribution in [3.05, 3.63) is 0 Å². The van der Waals surface area contributed by atoms with E-state index in [0.29, 0.717) is 0 Å². The number of unbranched alkanes of at least 4 members (excludes halogenated alkanes) is 3. The van der Waals surface area contributed by atoms with E-state index >= 15 is 0 Å². The predicted molar refractivity (Wildman–Crippen MR) is 57.4 cm³/mol. The smallest absolute Gasteiger partial charge is 0.103 e. The van der Waals surface area contributed by atoms with Crippen molar-refractivity contribution in [3.63, 3.8) is 0 Å². The summed E-state index contributed by atoms with van der Waals surface area (Å²) < 4.78 is 0. The quantitative estimate of drug-likeness (QED) is 0.501. The number of hydrogen-bond acceptors (Lipinski definition) is 0. The van der Waals surface area contributed by atoms with Crippen molar-refractivity contribution in [1.29, 1.82) is 0 Å². The van der Waals surface area contributed by atoms with Crippen LogP contribution in [0.25, 0.3) is 0 Å². The zero-order chi connectivity index (χ0) is 10.2. The minimum absolute atomic E-state index is 0.606. The van der Waals surface area contributed by atoms with Gasteiger partial charge in [0.15, 0.2) is 0 Å². The van der Waals surface area contributed by atoms with Crippen LogP contribution in [0.2, 0.25) is 0 Å². The molecule has 79 valence electrons. The van der Waals surface area contributed by atoms with Crippen LogP contribution >= 0.6 is 0 Å². The summed E-state index contributed by atoms with van der Waals surface area (Å²) in [7, 11) is 0. The van der Waals surface area contributed by atoms with Gasteiger partial charge in [-0.2, -0.15) is 0 Å². The Morgan fingerprint density at radius 2 is 1.38 bits per heavy atom. The molecular formula is C12H25O. The van der Waals surface area contributed by atoms with Crippen LogP contribution in [0.15, 0.2) is 0 Å². The second kappa shape index (κ2) is 7.37. The van der Waals surface area contributed by atoms with Crippen LogP contribution in [-0.4, -0.2) is 5.60 Å². The first kappa shape index (κ1) is 13.0. The molecule has 1 atom stereocenters. The minimum Gasteiger partial charge on any atom is -0.230 e. The third kappa shape index (κ3) is 6.09. The maximum atomic E-state index is 12.1. The molecule has 0 spiro atoms. The molecule has 1 unspecified atom stereocenters. The van der Waals surface area contributed by atoms with E-state index in [2.05, 4.69) is 13.8 Å². The second-order valence-corrected chi connectivity index (χ2v) is 4.10. The van der Waals surface area contributed by atoms with Crippen LogP contribution in [0.5, 0.6) is 0 Å². The highest BCUT2D eigenvalue weighted by Gasteiger charge is 2.25. The average Bonchev–Trinajstić information content (AvgIpc) is 2.15. The lowest BCUT2D eigenvalue weighted by Gasteiger charge is -2.23. The van der Waals surface area contributed by atoms with E-state index in [4.69, 9.17) is 0 Å². The molecule has 0 heterocycles. The van der Waals surface area contributed by atoms with Crippen LogP contribution in [0.4, 0.5) is 0 Å². The Kier molecular flexibility index (Phi) is 7.35. The van der Waals surface area contributed by atoms with Gasteiger partial charge in [-0.1, -0.05) is 52.9 Å². The Morgan fingerprint density at radius 1 is 0.846 bits per heavy atom. The van der Waals surface area contributed by atoms with E-state index in [1.807, 2.05) is 6.92 Å². The molecule has 0 saturated carbocycles. The lowest BCUT2D eigenvalue weighted by atomic mass is 9.88. The Bertz CT molecular complexity index is 112. The first-order valence-corrected chi connectivity index (χ1v) is 5.89. The van der Waals surface area contributed by atoms with Gasteiger partial charge in [-0.05, 0) is 19.3 Å². The van der Waals surface area contributed by atoms with Crippen molar-refractivity contribution in [2.24, 2.45) is 0 Å². The highest BCUT2D eigenvalue weighted by Crippen LogP contribution is 2.25. The molecule has 13 heavy (non-hydrogen) atoms. The van der Waals surface area contributed by atoms with Crippen molar-refractivity contribution in [2.75, 3.05) is 0 Å². The maximum Gasteiger partial charge on any atom is 0.103 e. The summed E-state index contributed by atoms with van der Waals surface area (Å²) in [5.41, 5.74) is -0.606. The summed E-state index contributed by atoms with van der Waals surface area (Å²) in [6.07, 6.45) is 8.38. The van der Waals surface area contributed by atoms with Gasteiger partial charge in [0.25, 0.3) is 0 Å². The van der Waals surface area contributed by atoms with Gasteiger partial charge in [0.05, 0.1) is 0 Å². The third-order valence-corrected chi connectivity index (χ3v) is 2.87. The normalized spacial score (nSPS) is 15.7. The minimum atomic E-state index is -0.606. The van der Waals surface area contributed by atoms with E-state index in [9.17, 15) is 5.11 Å². The summed E-state index contributed by atoms with van der Waals surface area (Å²) in [5.74, 6) is 0. The fourth-order valence-electron chi connectivity index (χ4n) is 1.67. The van der Waals surface area contributed by atoms with Gasteiger partial charge in [-0.3, -0.25) is 0 Å². The largest absolute Gasteiger partial charge is 0.230 e. The van der Waals surface area contributed by atoms with E-state index in [1.165, 1.54) is 12.8 Å². The summed E-state index contributed by atoms with van der Waals surface area (Å²) in [6, 6.07) is 0. The standard InChI is InChI=1S/C12H25O/c1-4-7-9-11-12(13,6-3)10-8-5-2/h4-11H2,1-3H3. The van der Waals surface area contributed by atoms with Gasteiger partial charge in [-0.15, -0.1) is 0 Å². The summed E-state index contributed by atoms with van der Waals surface area (Å²) in [6.45, 7) is 6.38. The highest BCUT2D eigenvalue weighted by molar-refractivity contribution is 4.75.